The van der Waals surface area contributed by atoms with E-state index in [1.165, 1.54) is 11.1 Å². The van der Waals surface area contributed by atoms with Crippen LogP contribution >= 0.6 is 0 Å². The molecule has 0 fully saturated rings. The number of methoxy groups -OCH3 is 1. The van der Waals surface area contributed by atoms with Crippen LogP contribution in [-0.4, -0.2) is 16.9 Å². The Balaban J connectivity index is 2.61. The first-order valence-corrected chi connectivity index (χ1v) is 7.14. The van der Waals surface area contributed by atoms with Crippen LogP contribution in [0, 0.1) is 13.8 Å². The number of nitrogens with one attached hydrogen (secondary N) is 1. The molecular formula is C16H24N4O. The fourth-order valence-electron chi connectivity index (χ4n) is 2.59. The second-order valence-corrected chi connectivity index (χ2v) is 5.60. The lowest BCUT2D eigenvalue weighted by Crippen LogP contribution is -2.32. The van der Waals surface area contributed by atoms with Gasteiger partial charge in [0.1, 0.15) is 5.69 Å². The molecule has 0 aliphatic heterocycles. The third kappa shape index (κ3) is 2.94. The molecule has 0 amide bonds. The molecule has 0 saturated carbocycles. The minimum absolute atomic E-state index is 0.162. The Labute approximate surface area is 126 Å². The van der Waals surface area contributed by atoms with Gasteiger partial charge in [-0.25, -0.2) is 5.43 Å². The summed E-state index contributed by atoms with van der Waals surface area (Å²) in [6, 6.07) is 6.42. The van der Waals surface area contributed by atoms with Crippen LogP contribution in [0.3, 0.4) is 0 Å². The fraction of sp³-hybridized carbons (Fsp3) is 0.438. The molecule has 1 aromatic carbocycles. The summed E-state index contributed by atoms with van der Waals surface area (Å²) in [4.78, 5) is 0. The van der Waals surface area contributed by atoms with E-state index in [0.717, 1.165) is 17.0 Å². The van der Waals surface area contributed by atoms with Crippen LogP contribution in [0.5, 0.6) is 5.75 Å². The molecule has 0 aliphatic rings. The number of nitrogens with two attached hydrogens (primary N) is 1. The van der Waals surface area contributed by atoms with Crippen LogP contribution in [0.1, 0.15) is 48.3 Å². The van der Waals surface area contributed by atoms with Crippen molar-refractivity contribution in [3.8, 4) is 5.75 Å². The molecule has 0 spiro atoms. The molecular weight excluding hydrogens is 264 g/mol. The Kier molecular flexibility index (Phi) is 4.65. The molecule has 0 bridgehead atoms. The zero-order chi connectivity index (χ0) is 15.6. The third-order valence-electron chi connectivity index (χ3n) is 3.69. The van der Waals surface area contributed by atoms with E-state index >= 15 is 0 Å². The molecule has 5 nitrogen and oxygen atoms in total. The van der Waals surface area contributed by atoms with Gasteiger partial charge in [-0.15, -0.1) is 0 Å². The smallest absolute Gasteiger partial charge is 0.161 e. The van der Waals surface area contributed by atoms with E-state index in [-0.39, 0.29) is 12.1 Å². The minimum Gasteiger partial charge on any atom is -0.493 e. The molecule has 2 rings (SSSR count). The van der Waals surface area contributed by atoms with Gasteiger partial charge in [-0.05, 0) is 38.8 Å². The Bertz CT molecular complexity index is 619. The van der Waals surface area contributed by atoms with Crippen LogP contribution < -0.4 is 16.0 Å². The monoisotopic (exact) mass is 288 g/mol. The van der Waals surface area contributed by atoms with Crippen LogP contribution in [0.15, 0.2) is 24.4 Å². The molecule has 114 valence electrons. The Morgan fingerprint density at radius 3 is 2.57 bits per heavy atom. The van der Waals surface area contributed by atoms with Crippen molar-refractivity contribution in [2.24, 2.45) is 5.84 Å². The maximum absolute atomic E-state index is 5.86. The van der Waals surface area contributed by atoms with E-state index in [0.29, 0.717) is 0 Å². The molecule has 21 heavy (non-hydrogen) atoms. The SMILES string of the molecule is COc1cnn(C(C)C)c1C(NN)c1cc(C)ccc1C. The van der Waals surface area contributed by atoms with Crippen molar-refractivity contribution >= 4 is 0 Å². The number of hydrogen-bond donors (Lipinski definition) is 2. The van der Waals surface area contributed by atoms with Gasteiger partial charge in [0.25, 0.3) is 0 Å². The lowest BCUT2D eigenvalue weighted by Gasteiger charge is -2.23. The van der Waals surface area contributed by atoms with Crippen molar-refractivity contribution < 1.29 is 4.74 Å². The summed E-state index contributed by atoms with van der Waals surface area (Å²) in [7, 11) is 1.65. The Morgan fingerprint density at radius 2 is 2.00 bits per heavy atom. The topological polar surface area (TPSA) is 65.1 Å². The molecule has 0 saturated heterocycles. The zero-order valence-corrected chi connectivity index (χ0v) is 13.3. The summed E-state index contributed by atoms with van der Waals surface area (Å²) >= 11 is 0. The lowest BCUT2D eigenvalue weighted by atomic mass is 9.96. The third-order valence-corrected chi connectivity index (χ3v) is 3.69. The first kappa shape index (κ1) is 15.5. The van der Waals surface area contributed by atoms with Crippen LogP contribution in [0.2, 0.25) is 0 Å². The highest BCUT2D eigenvalue weighted by Crippen LogP contribution is 2.33. The Morgan fingerprint density at radius 1 is 1.29 bits per heavy atom. The lowest BCUT2D eigenvalue weighted by molar-refractivity contribution is 0.394. The number of aromatic nitrogens is 2. The molecule has 0 aliphatic carbocycles. The second-order valence-electron chi connectivity index (χ2n) is 5.60. The number of benzene rings is 1. The van der Waals surface area contributed by atoms with Crippen molar-refractivity contribution in [2.75, 3.05) is 7.11 Å². The number of rotatable bonds is 5. The second kappa shape index (κ2) is 6.28. The average Bonchev–Trinajstić information content (AvgIpc) is 2.87. The molecule has 1 heterocycles. The van der Waals surface area contributed by atoms with Gasteiger partial charge < -0.3 is 4.74 Å². The van der Waals surface area contributed by atoms with Crippen molar-refractivity contribution in [3.05, 3.63) is 46.8 Å². The number of hydrazine groups is 1. The molecule has 1 unspecified atom stereocenters. The first-order chi connectivity index (χ1) is 9.99. The molecule has 2 aromatic rings. The van der Waals surface area contributed by atoms with E-state index < -0.39 is 0 Å². The standard InChI is InChI=1S/C16H24N4O/c1-10(2)20-16(14(21-5)9-18-20)15(19-17)13-8-11(3)6-7-12(13)4/h6-10,15,19H,17H2,1-5H3. The highest BCUT2D eigenvalue weighted by molar-refractivity contribution is 5.41. The van der Waals surface area contributed by atoms with E-state index in [1.54, 1.807) is 13.3 Å². The van der Waals surface area contributed by atoms with Crippen LogP contribution in [0.25, 0.3) is 0 Å². The summed E-state index contributed by atoms with van der Waals surface area (Å²) in [5.74, 6) is 6.60. The minimum atomic E-state index is -0.162. The highest BCUT2D eigenvalue weighted by Gasteiger charge is 2.25. The summed E-state index contributed by atoms with van der Waals surface area (Å²) in [6.07, 6.45) is 1.74. The summed E-state index contributed by atoms with van der Waals surface area (Å²) < 4.78 is 7.42. The van der Waals surface area contributed by atoms with Gasteiger partial charge >= 0.3 is 0 Å². The maximum atomic E-state index is 5.86. The maximum Gasteiger partial charge on any atom is 0.161 e. The van der Waals surface area contributed by atoms with Gasteiger partial charge in [0.15, 0.2) is 5.75 Å². The Hall–Kier alpha value is -1.85. The quantitative estimate of drug-likeness (QED) is 0.656. The number of nitrogens with zero attached hydrogens (tertiary/aromatic N) is 2. The van der Waals surface area contributed by atoms with Gasteiger partial charge in [0.05, 0.1) is 19.3 Å². The van der Waals surface area contributed by atoms with E-state index in [2.05, 4.69) is 56.4 Å². The predicted octanol–water partition coefficient (Wildman–Crippen LogP) is 2.64. The first-order valence-electron chi connectivity index (χ1n) is 7.14. The van der Waals surface area contributed by atoms with E-state index in [1.807, 2.05) is 4.68 Å². The highest BCUT2D eigenvalue weighted by atomic mass is 16.5. The molecule has 3 N–H and O–H groups in total. The van der Waals surface area contributed by atoms with Gasteiger partial charge in [0, 0.05) is 6.04 Å². The summed E-state index contributed by atoms with van der Waals surface area (Å²) in [5.41, 5.74) is 7.39. The van der Waals surface area contributed by atoms with Crippen molar-refractivity contribution in [1.29, 1.82) is 0 Å². The van der Waals surface area contributed by atoms with Crippen LogP contribution in [-0.2, 0) is 0 Å². The van der Waals surface area contributed by atoms with Crippen molar-refractivity contribution in [1.82, 2.24) is 15.2 Å². The van der Waals surface area contributed by atoms with Crippen LogP contribution in [0.4, 0.5) is 0 Å². The average molecular weight is 288 g/mol. The largest absolute Gasteiger partial charge is 0.493 e. The normalized spacial score (nSPS) is 12.7. The van der Waals surface area contributed by atoms with Gasteiger partial charge in [0.2, 0.25) is 0 Å². The molecule has 0 radical (unpaired) electrons. The van der Waals surface area contributed by atoms with Crippen molar-refractivity contribution in [2.45, 2.75) is 39.8 Å². The molecule has 1 aromatic heterocycles. The summed E-state index contributed by atoms with van der Waals surface area (Å²) in [6.45, 7) is 8.34. The molecule has 1 atom stereocenters. The van der Waals surface area contributed by atoms with Gasteiger partial charge in [-0.1, -0.05) is 23.8 Å². The van der Waals surface area contributed by atoms with Gasteiger partial charge in [-0.2, -0.15) is 5.10 Å². The summed E-state index contributed by atoms with van der Waals surface area (Å²) in [5, 5.41) is 4.43. The fourth-order valence-corrected chi connectivity index (χ4v) is 2.59. The number of hydrogen-bond acceptors (Lipinski definition) is 4. The van der Waals surface area contributed by atoms with Gasteiger partial charge in [-0.3, -0.25) is 10.5 Å². The van der Waals surface area contributed by atoms with Crippen molar-refractivity contribution in [3.63, 3.8) is 0 Å². The number of ether oxygens (including phenoxy) is 1. The van der Waals surface area contributed by atoms with E-state index in [4.69, 9.17) is 10.6 Å². The molecule has 5 heteroatoms. The zero-order valence-electron chi connectivity index (χ0n) is 13.3. The number of aryl methyl sites for hydroxylation is 2. The predicted molar refractivity (Wildman–Crippen MR) is 84.2 cm³/mol. The van der Waals surface area contributed by atoms with E-state index in [9.17, 15) is 0 Å².